The van der Waals surface area contributed by atoms with Gasteiger partial charge in [-0.15, -0.1) is 0 Å². The van der Waals surface area contributed by atoms with E-state index in [9.17, 15) is 13.2 Å². The van der Waals surface area contributed by atoms with Gasteiger partial charge in [0.15, 0.2) is 0 Å². The topological polar surface area (TPSA) is 54.5 Å². The van der Waals surface area contributed by atoms with E-state index in [0.29, 0.717) is 30.9 Å². The van der Waals surface area contributed by atoms with Crippen molar-refractivity contribution in [1.29, 1.82) is 0 Å². The Hall–Kier alpha value is -2.14. The Kier molecular flexibility index (Phi) is 7.48. The Bertz CT molecular complexity index is 883. The van der Waals surface area contributed by atoms with E-state index in [-0.39, 0.29) is 10.8 Å². The highest BCUT2D eigenvalue weighted by atomic mass is 32.2. The predicted molar refractivity (Wildman–Crippen MR) is 118 cm³/mol. The zero-order chi connectivity index (χ0) is 20.7. The Balaban J connectivity index is 1.73. The maximum Gasteiger partial charge on any atom is 0.264 e. The molecular formula is C24H31NO3S. The lowest BCUT2D eigenvalue weighted by Crippen LogP contribution is -2.32. The van der Waals surface area contributed by atoms with Gasteiger partial charge in [0, 0.05) is 18.9 Å². The molecule has 0 amide bonds. The molecule has 4 nitrogen and oxygen atoms in total. The number of ketones is 1. The molecule has 0 radical (unpaired) electrons. The van der Waals surface area contributed by atoms with Gasteiger partial charge in [0.05, 0.1) is 10.6 Å². The van der Waals surface area contributed by atoms with Crippen molar-refractivity contribution in [2.24, 2.45) is 5.92 Å². The van der Waals surface area contributed by atoms with Gasteiger partial charge in [-0.1, -0.05) is 61.6 Å². The van der Waals surface area contributed by atoms with Gasteiger partial charge in [-0.05, 0) is 50.5 Å². The Morgan fingerprint density at radius 3 is 2.17 bits per heavy atom. The molecule has 156 valence electrons. The van der Waals surface area contributed by atoms with E-state index < -0.39 is 10.0 Å². The van der Waals surface area contributed by atoms with Crippen molar-refractivity contribution in [1.82, 2.24) is 0 Å². The number of nitrogens with zero attached hydrogens (tertiary/aromatic N) is 1. The second-order valence-electron chi connectivity index (χ2n) is 7.98. The van der Waals surface area contributed by atoms with Crippen LogP contribution in [-0.2, 0) is 14.8 Å². The number of anilines is 1. The zero-order valence-electron chi connectivity index (χ0n) is 17.2. The summed E-state index contributed by atoms with van der Waals surface area (Å²) in [6.45, 7) is 2.24. The fraction of sp³-hybridized carbons (Fsp3) is 0.458. The number of rotatable bonds is 8. The van der Waals surface area contributed by atoms with Gasteiger partial charge in [0.1, 0.15) is 5.78 Å². The molecule has 0 atom stereocenters. The van der Waals surface area contributed by atoms with E-state index in [2.05, 4.69) is 0 Å². The minimum atomic E-state index is -3.68. The summed E-state index contributed by atoms with van der Waals surface area (Å²) in [5.74, 6) is 0.462. The lowest BCUT2D eigenvalue weighted by Gasteiger charge is -2.25. The Morgan fingerprint density at radius 1 is 0.931 bits per heavy atom. The molecule has 3 rings (SSSR count). The molecule has 2 aromatic rings. The highest BCUT2D eigenvalue weighted by molar-refractivity contribution is 7.92. The molecule has 29 heavy (non-hydrogen) atoms. The van der Waals surface area contributed by atoms with E-state index in [0.717, 1.165) is 31.2 Å². The average Bonchev–Trinajstić information content (AvgIpc) is 3.01. The van der Waals surface area contributed by atoms with Gasteiger partial charge < -0.3 is 0 Å². The standard InChI is InChI=1S/C24H31NO3S/c1-20-15-17-23(18-16-20)29(27,28)25(22-12-7-4-8-13-22)19-9-14-24(26)21-10-5-2-3-6-11-21/h4,7-8,12-13,15-18,21H,2-3,5-6,9-11,14,19H2,1H3. The van der Waals surface area contributed by atoms with E-state index in [1.807, 2.05) is 37.3 Å². The van der Waals surface area contributed by atoms with Crippen molar-refractivity contribution >= 4 is 21.5 Å². The third kappa shape index (κ3) is 5.69. The third-order valence-corrected chi connectivity index (χ3v) is 7.59. The van der Waals surface area contributed by atoms with E-state index >= 15 is 0 Å². The average molecular weight is 414 g/mol. The number of benzene rings is 2. The SMILES string of the molecule is Cc1ccc(S(=O)(=O)N(CCCC(=O)C2CCCCCC2)c2ccccc2)cc1. The first-order valence-corrected chi connectivity index (χ1v) is 12.1. The molecule has 1 aliphatic carbocycles. The summed E-state index contributed by atoms with van der Waals surface area (Å²) in [4.78, 5) is 12.9. The largest absolute Gasteiger partial charge is 0.299 e. The molecular weight excluding hydrogens is 382 g/mol. The van der Waals surface area contributed by atoms with Gasteiger partial charge in [0.25, 0.3) is 10.0 Å². The fourth-order valence-electron chi connectivity index (χ4n) is 4.02. The third-order valence-electron chi connectivity index (χ3n) is 5.75. The van der Waals surface area contributed by atoms with Crippen LogP contribution in [0.4, 0.5) is 5.69 Å². The molecule has 1 saturated carbocycles. The van der Waals surface area contributed by atoms with Crippen LogP contribution in [0.25, 0.3) is 0 Å². The van der Waals surface area contributed by atoms with Crippen LogP contribution in [0.15, 0.2) is 59.5 Å². The van der Waals surface area contributed by atoms with Gasteiger partial charge in [-0.2, -0.15) is 0 Å². The number of carbonyl (C=O) groups is 1. The number of sulfonamides is 1. The summed E-state index contributed by atoms with van der Waals surface area (Å²) in [6, 6.07) is 16.1. The van der Waals surface area contributed by atoms with Gasteiger partial charge in [0.2, 0.25) is 0 Å². The lowest BCUT2D eigenvalue weighted by molar-refractivity contribution is -0.123. The number of para-hydroxylation sites is 1. The molecule has 0 aliphatic heterocycles. The number of Topliss-reactive ketones (excluding diaryl/α,β-unsaturated/α-hetero) is 1. The zero-order valence-corrected chi connectivity index (χ0v) is 18.0. The summed E-state index contributed by atoms with van der Waals surface area (Å²) in [5.41, 5.74) is 1.65. The van der Waals surface area contributed by atoms with E-state index in [1.54, 1.807) is 24.3 Å². The van der Waals surface area contributed by atoms with E-state index in [1.165, 1.54) is 17.1 Å². The summed E-state index contributed by atoms with van der Waals surface area (Å²) in [5, 5.41) is 0. The van der Waals surface area contributed by atoms with Crippen molar-refractivity contribution in [3.63, 3.8) is 0 Å². The predicted octanol–water partition coefficient (Wildman–Crippen LogP) is 5.51. The first kappa shape index (κ1) is 21.6. The Morgan fingerprint density at radius 2 is 1.55 bits per heavy atom. The molecule has 0 saturated heterocycles. The van der Waals surface area contributed by atoms with Crippen LogP contribution in [0.5, 0.6) is 0 Å². The number of aryl methyl sites for hydroxylation is 1. The maximum absolute atomic E-state index is 13.3. The number of carbonyl (C=O) groups excluding carboxylic acids is 1. The summed E-state index contributed by atoms with van der Waals surface area (Å²) >= 11 is 0. The second-order valence-corrected chi connectivity index (χ2v) is 9.85. The van der Waals surface area contributed by atoms with Crippen molar-refractivity contribution in [2.45, 2.75) is 63.2 Å². The van der Waals surface area contributed by atoms with Crippen molar-refractivity contribution < 1.29 is 13.2 Å². The molecule has 0 heterocycles. The van der Waals surface area contributed by atoms with Crippen LogP contribution in [0, 0.1) is 12.8 Å². The van der Waals surface area contributed by atoms with Gasteiger partial charge in [-0.25, -0.2) is 8.42 Å². The van der Waals surface area contributed by atoms with Crippen LogP contribution in [0.1, 0.15) is 56.9 Å². The van der Waals surface area contributed by atoms with Crippen molar-refractivity contribution in [2.75, 3.05) is 10.8 Å². The van der Waals surface area contributed by atoms with Crippen LogP contribution in [0.2, 0.25) is 0 Å². The van der Waals surface area contributed by atoms with Gasteiger partial charge >= 0.3 is 0 Å². The monoisotopic (exact) mass is 413 g/mol. The lowest BCUT2D eigenvalue weighted by atomic mass is 9.93. The Labute approximate surface area is 175 Å². The molecule has 0 aromatic heterocycles. The molecule has 1 aliphatic rings. The first-order valence-electron chi connectivity index (χ1n) is 10.7. The summed E-state index contributed by atoms with van der Waals surface area (Å²) < 4.78 is 28.1. The molecule has 1 fully saturated rings. The highest BCUT2D eigenvalue weighted by Crippen LogP contribution is 2.27. The first-order chi connectivity index (χ1) is 14.0. The van der Waals surface area contributed by atoms with Crippen molar-refractivity contribution in [3.8, 4) is 0 Å². The number of hydrogen-bond donors (Lipinski definition) is 0. The summed E-state index contributed by atoms with van der Waals surface area (Å²) in [7, 11) is -3.68. The second kappa shape index (κ2) is 10.1. The van der Waals surface area contributed by atoms with E-state index in [4.69, 9.17) is 0 Å². The smallest absolute Gasteiger partial charge is 0.264 e. The molecule has 0 N–H and O–H groups in total. The quantitative estimate of drug-likeness (QED) is 0.536. The van der Waals surface area contributed by atoms with Crippen molar-refractivity contribution in [3.05, 3.63) is 60.2 Å². The van der Waals surface area contributed by atoms with Gasteiger partial charge in [-0.3, -0.25) is 9.10 Å². The minimum Gasteiger partial charge on any atom is -0.299 e. The molecule has 2 aromatic carbocycles. The fourth-order valence-corrected chi connectivity index (χ4v) is 5.53. The normalized spacial score (nSPS) is 15.6. The molecule has 0 bridgehead atoms. The minimum absolute atomic E-state index is 0.163. The van der Waals surface area contributed by atoms with Crippen LogP contribution >= 0.6 is 0 Å². The summed E-state index contributed by atoms with van der Waals surface area (Å²) in [6.07, 6.45) is 7.67. The van der Waals surface area contributed by atoms with Crippen LogP contribution in [-0.4, -0.2) is 20.7 Å². The maximum atomic E-state index is 13.3. The van der Waals surface area contributed by atoms with Crippen LogP contribution in [0.3, 0.4) is 0 Å². The highest BCUT2D eigenvalue weighted by Gasteiger charge is 2.26. The number of hydrogen-bond acceptors (Lipinski definition) is 3. The van der Waals surface area contributed by atoms with Crippen LogP contribution < -0.4 is 4.31 Å². The molecule has 5 heteroatoms. The molecule has 0 spiro atoms. The molecule has 0 unspecified atom stereocenters.